The van der Waals surface area contributed by atoms with Crippen molar-refractivity contribution in [3.8, 4) is 0 Å². The van der Waals surface area contributed by atoms with Gasteiger partial charge in [-0.3, -0.25) is 4.79 Å². The molecule has 1 amide bonds. The third-order valence-electron chi connectivity index (χ3n) is 2.48. The van der Waals surface area contributed by atoms with Gasteiger partial charge in [0, 0.05) is 19.3 Å². The first-order valence-corrected chi connectivity index (χ1v) is 5.74. The topological polar surface area (TPSA) is 58.6 Å². The van der Waals surface area contributed by atoms with E-state index in [1.807, 2.05) is 0 Å². The van der Waals surface area contributed by atoms with Gasteiger partial charge >= 0.3 is 0 Å². The van der Waals surface area contributed by atoms with Crippen LogP contribution in [0.5, 0.6) is 0 Å². The fourth-order valence-electron chi connectivity index (χ4n) is 1.69. The summed E-state index contributed by atoms with van der Waals surface area (Å²) in [7, 11) is 1.52. The number of methoxy groups -OCH3 is 1. The average molecular weight is 255 g/mol. The lowest BCUT2D eigenvalue weighted by Gasteiger charge is -2.17. The van der Waals surface area contributed by atoms with Crippen molar-refractivity contribution in [2.45, 2.75) is 19.4 Å². The van der Waals surface area contributed by atoms with Gasteiger partial charge in [-0.1, -0.05) is 0 Å². The second kappa shape index (κ2) is 7.08. The van der Waals surface area contributed by atoms with Crippen molar-refractivity contribution >= 4 is 5.91 Å². The smallest absolute Gasteiger partial charge is 0.251 e. The fraction of sp³-hybridized carbons (Fsp3) is 0.462. The van der Waals surface area contributed by atoms with Crippen LogP contribution in [-0.2, 0) is 4.74 Å². The summed E-state index contributed by atoms with van der Waals surface area (Å²) >= 11 is 0. The van der Waals surface area contributed by atoms with Gasteiger partial charge in [0.25, 0.3) is 5.91 Å². The summed E-state index contributed by atoms with van der Waals surface area (Å²) in [6.45, 7) is 1.98. The Morgan fingerprint density at radius 3 is 2.78 bits per heavy atom. The number of halogens is 1. The number of hydrogen-bond acceptors (Lipinski definition) is 3. The van der Waals surface area contributed by atoms with Crippen molar-refractivity contribution in [3.63, 3.8) is 0 Å². The Morgan fingerprint density at radius 1 is 1.50 bits per heavy atom. The van der Waals surface area contributed by atoms with Crippen LogP contribution in [0.3, 0.4) is 0 Å². The molecule has 4 nitrogen and oxygen atoms in total. The maximum Gasteiger partial charge on any atom is 0.251 e. The van der Waals surface area contributed by atoms with Crippen LogP contribution in [0.2, 0.25) is 0 Å². The highest BCUT2D eigenvalue weighted by atomic mass is 19.1. The first-order valence-electron chi connectivity index (χ1n) is 5.74. The maximum atomic E-state index is 13.2. The molecule has 0 spiro atoms. The predicted octanol–water partition coefficient (Wildman–Crippen LogP) is 1.26. The minimum atomic E-state index is -0.439. The van der Waals surface area contributed by atoms with Crippen LogP contribution in [-0.4, -0.2) is 37.4 Å². The number of aliphatic hydroxyl groups excluding tert-OH is 1. The number of aryl methyl sites for hydroxylation is 1. The number of benzene rings is 1. The number of ether oxygens (including phenoxy) is 1. The second-order valence-electron chi connectivity index (χ2n) is 4.16. The molecule has 0 heterocycles. The highest BCUT2D eigenvalue weighted by Gasteiger charge is 2.14. The van der Waals surface area contributed by atoms with E-state index >= 15 is 0 Å². The van der Waals surface area contributed by atoms with Crippen LogP contribution in [0, 0.1) is 12.7 Å². The van der Waals surface area contributed by atoms with Crippen molar-refractivity contribution in [2.24, 2.45) is 0 Å². The molecule has 1 rings (SSSR count). The minimum absolute atomic E-state index is 0.0452. The summed E-state index contributed by atoms with van der Waals surface area (Å²) in [5.41, 5.74) is 0.956. The monoisotopic (exact) mass is 255 g/mol. The summed E-state index contributed by atoms with van der Waals surface area (Å²) in [5.74, 6) is -0.807. The molecule has 0 saturated carbocycles. The Balaban J connectivity index is 2.73. The quantitative estimate of drug-likeness (QED) is 0.804. The van der Waals surface area contributed by atoms with Gasteiger partial charge in [-0.05, 0) is 37.1 Å². The van der Waals surface area contributed by atoms with Gasteiger partial charge in [-0.15, -0.1) is 0 Å². The van der Waals surface area contributed by atoms with E-state index in [0.717, 1.165) is 0 Å². The van der Waals surface area contributed by atoms with Crippen molar-refractivity contribution < 1.29 is 19.0 Å². The van der Waals surface area contributed by atoms with Crippen molar-refractivity contribution in [1.82, 2.24) is 5.32 Å². The molecule has 1 aromatic rings. The molecule has 1 atom stereocenters. The summed E-state index contributed by atoms with van der Waals surface area (Å²) in [6, 6.07) is 3.87. The van der Waals surface area contributed by atoms with E-state index in [-0.39, 0.29) is 24.1 Å². The van der Waals surface area contributed by atoms with Crippen LogP contribution in [0.25, 0.3) is 0 Å². The normalized spacial score (nSPS) is 12.2. The van der Waals surface area contributed by atoms with Crippen LogP contribution in [0.1, 0.15) is 22.3 Å². The number of hydrogen-bond donors (Lipinski definition) is 2. The zero-order chi connectivity index (χ0) is 13.5. The van der Waals surface area contributed by atoms with Crippen LogP contribution in [0.15, 0.2) is 18.2 Å². The highest BCUT2D eigenvalue weighted by molar-refractivity contribution is 5.94. The molecule has 5 heteroatoms. The Bertz CT molecular complexity index is 383. The van der Waals surface area contributed by atoms with Gasteiger partial charge in [0.1, 0.15) is 5.82 Å². The summed E-state index contributed by atoms with van der Waals surface area (Å²) in [6.07, 6.45) is 0.397. The van der Waals surface area contributed by atoms with E-state index < -0.39 is 5.82 Å². The van der Waals surface area contributed by atoms with Crippen molar-refractivity contribution in [1.29, 1.82) is 0 Å². The Labute approximate surface area is 106 Å². The van der Waals surface area contributed by atoms with Gasteiger partial charge in [-0.2, -0.15) is 0 Å². The lowest BCUT2D eigenvalue weighted by molar-refractivity contribution is 0.0878. The Kier molecular flexibility index (Phi) is 5.74. The molecule has 1 aromatic carbocycles. The first-order chi connectivity index (χ1) is 8.56. The first kappa shape index (κ1) is 14.6. The van der Waals surface area contributed by atoms with Crippen LogP contribution >= 0.6 is 0 Å². The summed E-state index contributed by atoms with van der Waals surface area (Å²) in [4.78, 5) is 11.9. The lowest BCUT2D eigenvalue weighted by atomic mass is 10.1. The fourth-order valence-corrected chi connectivity index (χ4v) is 1.69. The summed E-state index contributed by atoms with van der Waals surface area (Å²) < 4.78 is 18.1. The number of carbonyl (C=O) groups excluding carboxylic acids is 1. The van der Waals surface area contributed by atoms with Crippen LogP contribution in [0.4, 0.5) is 4.39 Å². The zero-order valence-corrected chi connectivity index (χ0v) is 10.6. The van der Waals surface area contributed by atoms with Gasteiger partial charge in [0.2, 0.25) is 0 Å². The minimum Gasteiger partial charge on any atom is -0.396 e. The van der Waals surface area contributed by atoms with E-state index in [9.17, 15) is 9.18 Å². The largest absolute Gasteiger partial charge is 0.396 e. The Hall–Kier alpha value is -1.46. The van der Waals surface area contributed by atoms with Gasteiger partial charge < -0.3 is 15.2 Å². The van der Waals surface area contributed by atoms with Crippen molar-refractivity contribution in [2.75, 3.05) is 20.3 Å². The Morgan fingerprint density at radius 2 is 2.22 bits per heavy atom. The summed E-state index contributed by atoms with van der Waals surface area (Å²) in [5, 5.41) is 11.6. The molecule has 0 aliphatic carbocycles. The zero-order valence-electron chi connectivity index (χ0n) is 10.6. The van der Waals surface area contributed by atoms with Gasteiger partial charge in [0.15, 0.2) is 0 Å². The standard InChI is InChI=1S/C13H18FNO3/c1-9-5-10(7-11(14)6-9)13(17)15-12(3-4-16)8-18-2/h5-7,12,16H,3-4,8H2,1-2H3,(H,15,17). The average Bonchev–Trinajstić information content (AvgIpc) is 2.28. The highest BCUT2D eigenvalue weighted by Crippen LogP contribution is 2.08. The number of rotatable bonds is 6. The van der Waals surface area contributed by atoms with E-state index in [0.29, 0.717) is 18.6 Å². The van der Waals surface area contributed by atoms with Crippen LogP contribution < -0.4 is 5.32 Å². The molecule has 0 bridgehead atoms. The van der Waals surface area contributed by atoms with E-state index in [1.165, 1.54) is 19.2 Å². The van der Waals surface area contributed by atoms with Gasteiger partial charge in [0.05, 0.1) is 12.6 Å². The molecule has 18 heavy (non-hydrogen) atoms. The molecule has 0 aliphatic heterocycles. The van der Waals surface area contributed by atoms with E-state index in [4.69, 9.17) is 9.84 Å². The lowest BCUT2D eigenvalue weighted by Crippen LogP contribution is -2.38. The molecule has 0 aromatic heterocycles. The number of nitrogens with one attached hydrogen (secondary N) is 1. The molecule has 0 fully saturated rings. The molecular weight excluding hydrogens is 237 g/mol. The molecule has 2 N–H and O–H groups in total. The molecule has 100 valence electrons. The van der Waals surface area contributed by atoms with Crippen molar-refractivity contribution in [3.05, 3.63) is 35.1 Å². The van der Waals surface area contributed by atoms with E-state index in [2.05, 4.69) is 5.32 Å². The molecular formula is C13H18FNO3. The molecule has 1 unspecified atom stereocenters. The van der Waals surface area contributed by atoms with Gasteiger partial charge in [-0.25, -0.2) is 4.39 Å². The third-order valence-corrected chi connectivity index (χ3v) is 2.48. The molecule has 0 radical (unpaired) electrons. The number of carbonyl (C=O) groups is 1. The second-order valence-corrected chi connectivity index (χ2v) is 4.16. The molecule has 0 aliphatic rings. The maximum absolute atomic E-state index is 13.2. The molecule has 0 saturated heterocycles. The third kappa shape index (κ3) is 4.43. The predicted molar refractivity (Wildman–Crippen MR) is 66.0 cm³/mol. The number of aliphatic hydroxyl groups is 1. The number of amides is 1. The van der Waals surface area contributed by atoms with E-state index in [1.54, 1.807) is 13.0 Å². The SMILES string of the molecule is COCC(CCO)NC(=O)c1cc(C)cc(F)c1.